The van der Waals surface area contributed by atoms with Crippen LogP contribution in [0, 0.1) is 5.92 Å². The zero-order chi connectivity index (χ0) is 12.5. The molecule has 96 valence electrons. The number of hydrogen-bond donors (Lipinski definition) is 1. The minimum absolute atomic E-state index is 0.141. The van der Waals surface area contributed by atoms with Crippen LogP contribution in [0.2, 0.25) is 0 Å². The van der Waals surface area contributed by atoms with Gasteiger partial charge < -0.3 is 10.1 Å². The summed E-state index contributed by atoms with van der Waals surface area (Å²) >= 11 is 0. The molecular weight excluding hydrogens is 226 g/mol. The van der Waals surface area contributed by atoms with Crippen LogP contribution < -0.4 is 5.32 Å². The van der Waals surface area contributed by atoms with Crippen molar-refractivity contribution in [2.75, 3.05) is 12.4 Å². The van der Waals surface area contributed by atoms with Crippen LogP contribution in [-0.2, 0) is 22.4 Å². The molecule has 1 unspecified atom stereocenters. The molecule has 0 amide bonds. The first-order valence-electron chi connectivity index (χ1n) is 6.74. The number of carbonyl (C=O) groups is 1. The van der Waals surface area contributed by atoms with Gasteiger partial charge in [-0.05, 0) is 61.3 Å². The molecular formula is C15H19NO2. The van der Waals surface area contributed by atoms with E-state index in [2.05, 4.69) is 23.5 Å². The second-order valence-corrected chi connectivity index (χ2v) is 5.32. The van der Waals surface area contributed by atoms with Gasteiger partial charge in [-0.3, -0.25) is 0 Å². The lowest BCUT2D eigenvalue weighted by atomic mass is 10.1. The van der Waals surface area contributed by atoms with E-state index in [1.165, 1.54) is 31.1 Å². The minimum Gasteiger partial charge on any atom is -0.467 e. The van der Waals surface area contributed by atoms with Crippen LogP contribution in [0.5, 0.6) is 0 Å². The third-order valence-electron chi connectivity index (χ3n) is 3.97. The van der Waals surface area contributed by atoms with Gasteiger partial charge in [-0.2, -0.15) is 0 Å². The fourth-order valence-electron chi connectivity index (χ4n) is 2.77. The molecule has 18 heavy (non-hydrogen) atoms. The second-order valence-electron chi connectivity index (χ2n) is 5.32. The average Bonchev–Trinajstić information content (AvgIpc) is 3.12. The highest BCUT2D eigenvalue weighted by atomic mass is 16.5. The van der Waals surface area contributed by atoms with Gasteiger partial charge in [0, 0.05) is 5.69 Å². The Morgan fingerprint density at radius 1 is 1.33 bits per heavy atom. The van der Waals surface area contributed by atoms with E-state index in [9.17, 15) is 4.79 Å². The number of anilines is 1. The highest BCUT2D eigenvalue weighted by molar-refractivity contribution is 5.80. The Labute approximate surface area is 108 Å². The average molecular weight is 245 g/mol. The Morgan fingerprint density at radius 3 is 2.83 bits per heavy atom. The van der Waals surface area contributed by atoms with Gasteiger partial charge in [0.05, 0.1) is 7.11 Å². The highest BCUT2D eigenvalue weighted by Crippen LogP contribution is 2.35. The van der Waals surface area contributed by atoms with Gasteiger partial charge in [-0.25, -0.2) is 4.79 Å². The molecule has 0 aliphatic heterocycles. The summed E-state index contributed by atoms with van der Waals surface area (Å²) in [7, 11) is 1.46. The third kappa shape index (κ3) is 2.22. The van der Waals surface area contributed by atoms with E-state index >= 15 is 0 Å². The van der Waals surface area contributed by atoms with E-state index in [4.69, 9.17) is 4.74 Å². The predicted octanol–water partition coefficient (Wildman–Crippen LogP) is 2.54. The van der Waals surface area contributed by atoms with Crippen molar-refractivity contribution in [2.45, 2.75) is 38.1 Å². The summed E-state index contributed by atoms with van der Waals surface area (Å²) in [4.78, 5) is 11.7. The Hall–Kier alpha value is -1.51. The van der Waals surface area contributed by atoms with Crippen LogP contribution in [0.25, 0.3) is 0 Å². The lowest BCUT2D eigenvalue weighted by Crippen LogP contribution is -2.32. The van der Waals surface area contributed by atoms with E-state index in [1.807, 2.05) is 0 Å². The molecule has 0 spiro atoms. The van der Waals surface area contributed by atoms with Gasteiger partial charge in [-0.15, -0.1) is 0 Å². The molecule has 3 heteroatoms. The molecule has 1 N–H and O–H groups in total. The van der Waals surface area contributed by atoms with Crippen molar-refractivity contribution in [3.63, 3.8) is 0 Å². The molecule has 0 bridgehead atoms. The topological polar surface area (TPSA) is 38.3 Å². The quantitative estimate of drug-likeness (QED) is 0.828. The SMILES string of the molecule is COC(=O)C(Nc1ccc2c(c1)CCC2)C1CC1. The van der Waals surface area contributed by atoms with E-state index in [0.717, 1.165) is 24.9 Å². The first kappa shape index (κ1) is 11.6. The number of methoxy groups -OCH3 is 1. The molecule has 3 rings (SSSR count). The van der Waals surface area contributed by atoms with E-state index in [0.29, 0.717) is 5.92 Å². The number of hydrogen-bond acceptors (Lipinski definition) is 3. The number of aryl methyl sites for hydroxylation is 2. The standard InChI is InChI=1S/C15H19NO2/c1-18-15(17)14(11-5-6-11)16-13-8-7-10-3-2-4-12(10)9-13/h7-9,11,14,16H,2-6H2,1H3. The lowest BCUT2D eigenvalue weighted by Gasteiger charge is -2.17. The zero-order valence-corrected chi connectivity index (χ0v) is 10.7. The summed E-state index contributed by atoms with van der Waals surface area (Å²) in [5.74, 6) is 0.309. The van der Waals surface area contributed by atoms with E-state index in [1.54, 1.807) is 0 Å². The molecule has 3 nitrogen and oxygen atoms in total. The van der Waals surface area contributed by atoms with Gasteiger partial charge in [0.2, 0.25) is 0 Å². The van der Waals surface area contributed by atoms with Crippen molar-refractivity contribution >= 4 is 11.7 Å². The molecule has 2 aliphatic rings. The number of benzene rings is 1. The monoisotopic (exact) mass is 245 g/mol. The Bertz CT molecular complexity index is 466. The molecule has 0 saturated heterocycles. The van der Waals surface area contributed by atoms with Crippen molar-refractivity contribution in [3.8, 4) is 0 Å². The molecule has 1 saturated carbocycles. The van der Waals surface area contributed by atoms with Crippen molar-refractivity contribution in [1.82, 2.24) is 0 Å². The fourth-order valence-corrected chi connectivity index (χ4v) is 2.77. The van der Waals surface area contributed by atoms with Crippen LogP contribution in [0.4, 0.5) is 5.69 Å². The summed E-state index contributed by atoms with van der Waals surface area (Å²) < 4.78 is 4.88. The number of rotatable bonds is 4. The molecule has 0 heterocycles. The summed E-state index contributed by atoms with van der Waals surface area (Å²) in [5.41, 5.74) is 3.94. The summed E-state index contributed by atoms with van der Waals surface area (Å²) in [6.45, 7) is 0. The molecule has 1 fully saturated rings. The molecule has 1 aromatic carbocycles. The normalized spacial score (nSPS) is 19.2. The zero-order valence-electron chi connectivity index (χ0n) is 10.7. The maximum absolute atomic E-state index is 11.7. The highest BCUT2D eigenvalue weighted by Gasteiger charge is 2.37. The van der Waals surface area contributed by atoms with Crippen LogP contribution >= 0.6 is 0 Å². The Balaban J connectivity index is 1.76. The van der Waals surface area contributed by atoms with Crippen molar-refractivity contribution < 1.29 is 9.53 Å². The third-order valence-corrected chi connectivity index (χ3v) is 3.97. The van der Waals surface area contributed by atoms with E-state index < -0.39 is 0 Å². The van der Waals surface area contributed by atoms with Crippen LogP contribution in [0.1, 0.15) is 30.4 Å². The van der Waals surface area contributed by atoms with Gasteiger partial charge in [0.25, 0.3) is 0 Å². The molecule has 0 radical (unpaired) electrons. The number of ether oxygens (including phenoxy) is 1. The first-order valence-corrected chi connectivity index (χ1v) is 6.74. The van der Waals surface area contributed by atoms with E-state index in [-0.39, 0.29) is 12.0 Å². The van der Waals surface area contributed by atoms with Crippen molar-refractivity contribution in [3.05, 3.63) is 29.3 Å². The summed E-state index contributed by atoms with van der Waals surface area (Å²) in [5, 5.41) is 3.35. The Morgan fingerprint density at radius 2 is 2.11 bits per heavy atom. The van der Waals surface area contributed by atoms with Crippen LogP contribution in [0.3, 0.4) is 0 Å². The van der Waals surface area contributed by atoms with Crippen molar-refractivity contribution in [1.29, 1.82) is 0 Å². The number of carbonyl (C=O) groups excluding carboxylic acids is 1. The number of esters is 1. The number of nitrogens with one attached hydrogen (secondary N) is 1. The maximum atomic E-state index is 11.7. The smallest absolute Gasteiger partial charge is 0.328 e. The number of fused-ring (bicyclic) bond motifs is 1. The molecule has 1 aromatic rings. The van der Waals surface area contributed by atoms with Gasteiger partial charge in [-0.1, -0.05) is 6.07 Å². The fraction of sp³-hybridized carbons (Fsp3) is 0.533. The summed E-state index contributed by atoms with van der Waals surface area (Å²) in [6.07, 6.45) is 5.85. The largest absolute Gasteiger partial charge is 0.467 e. The van der Waals surface area contributed by atoms with Crippen LogP contribution in [-0.4, -0.2) is 19.1 Å². The first-order chi connectivity index (χ1) is 8.78. The van der Waals surface area contributed by atoms with Crippen LogP contribution in [0.15, 0.2) is 18.2 Å². The summed E-state index contributed by atoms with van der Waals surface area (Å²) in [6, 6.07) is 6.30. The molecule has 1 atom stereocenters. The van der Waals surface area contributed by atoms with Gasteiger partial charge >= 0.3 is 5.97 Å². The molecule has 2 aliphatic carbocycles. The predicted molar refractivity (Wildman–Crippen MR) is 70.6 cm³/mol. The Kier molecular flexibility index (Phi) is 2.98. The second kappa shape index (κ2) is 4.63. The van der Waals surface area contributed by atoms with Gasteiger partial charge in [0.1, 0.15) is 6.04 Å². The lowest BCUT2D eigenvalue weighted by molar-refractivity contribution is -0.142. The van der Waals surface area contributed by atoms with Gasteiger partial charge in [0.15, 0.2) is 0 Å². The van der Waals surface area contributed by atoms with Crippen molar-refractivity contribution in [2.24, 2.45) is 5.92 Å². The maximum Gasteiger partial charge on any atom is 0.328 e. The molecule has 0 aromatic heterocycles. The minimum atomic E-state index is -0.172.